The van der Waals surface area contributed by atoms with Crippen LogP contribution in [0.2, 0.25) is 5.02 Å². The van der Waals surface area contributed by atoms with E-state index >= 15 is 0 Å². The monoisotopic (exact) mass is 375 g/mol. The van der Waals surface area contributed by atoms with Crippen LogP contribution in [0.1, 0.15) is 13.8 Å². The summed E-state index contributed by atoms with van der Waals surface area (Å²) in [5.41, 5.74) is 7.09. The minimum Gasteiger partial charge on any atom is -0.491 e. The molecule has 0 aliphatic rings. The number of nitrogens with zero attached hydrogens (tertiary/aromatic N) is 3. The maximum absolute atomic E-state index is 14.0. The topological polar surface area (TPSA) is 86.0 Å². The summed E-state index contributed by atoms with van der Waals surface area (Å²) in [4.78, 5) is 12.4. The average Bonchev–Trinajstić information content (AvgIpc) is 2.67. The number of hydrogen-bond donors (Lipinski definition) is 2. The van der Waals surface area contributed by atoms with Crippen LogP contribution in [0, 0.1) is 5.82 Å². The molecule has 3 N–H and O–H groups in total. The minimum absolute atomic E-state index is 0.172. The van der Waals surface area contributed by atoms with Gasteiger partial charge in [0, 0.05) is 11.2 Å². The van der Waals surface area contributed by atoms with Crippen molar-refractivity contribution in [2.45, 2.75) is 13.8 Å². The number of aromatic nitrogens is 3. The Morgan fingerprint density at radius 3 is 2.65 bits per heavy atom. The van der Waals surface area contributed by atoms with Gasteiger partial charge in [-0.25, -0.2) is 14.4 Å². The Hall–Kier alpha value is -2.93. The number of methoxy groups -OCH3 is 1. The fourth-order valence-electron chi connectivity index (χ4n) is 2.06. The highest BCUT2D eigenvalue weighted by atomic mass is 35.5. The second-order valence-corrected chi connectivity index (χ2v) is 5.26. The molecule has 1 aromatic carbocycles. The van der Waals surface area contributed by atoms with Gasteiger partial charge in [0.1, 0.15) is 5.82 Å². The molecule has 0 saturated heterocycles. The van der Waals surface area contributed by atoms with Crippen molar-refractivity contribution < 1.29 is 9.13 Å². The van der Waals surface area contributed by atoms with Crippen LogP contribution in [0.5, 0.6) is 5.75 Å². The Bertz CT molecular complexity index is 891. The van der Waals surface area contributed by atoms with Crippen molar-refractivity contribution in [3.8, 4) is 17.1 Å². The lowest BCUT2D eigenvalue weighted by molar-refractivity contribution is 0.413. The molecule has 26 heavy (non-hydrogen) atoms. The van der Waals surface area contributed by atoms with E-state index in [0.29, 0.717) is 28.0 Å². The number of halogens is 2. The molecule has 0 unspecified atom stereocenters. The zero-order chi connectivity index (χ0) is 19.1. The van der Waals surface area contributed by atoms with Crippen LogP contribution in [-0.4, -0.2) is 22.1 Å². The van der Waals surface area contributed by atoms with Crippen LogP contribution in [0.25, 0.3) is 11.4 Å². The summed E-state index contributed by atoms with van der Waals surface area (Å²) in [5.74, 6) is 0.432. The van der Waals surface area contributed by atoms with Gasteiger partial charge in [0.2, 0.25) is 0 Å². The predicted molar refractivity (Wildman–Crippen MR) is 102 cm³/mol. The smallest absolute Gasteiger partial charge is 0.179 e. The number of nitrogens with two attached hydrogens (primary N) is 1. The van der Waals surface area contributed by atoms with Crippen LogP contribution in [0.4, 0.5) is 21.6 Å². The highest BCUT2D eigenvalue weighted by Gasteiger charge is 2.14. The van der Waals surface area contributed by atoms with E-state index in [4.69, 9.17) is 22.1 Å². The standard InChI is InChI=1S/C16H13ClFN5O.C2H6/c1-24-14-8-21-15(10-6-9(17)2-3-11(10)18)23-16(14)22-13-4-5-20-7-12(13)19;1-2/h2-8H,19H2,1H3,(H,20,21,22,23);1-2H3. The number of benzene rings is 1. The lowest BCUT2D eigenvalue weighted by Gasteiger charge is -2.12. The van der Waals surface area contributed by atoms with Gasteiger partial charge >= 0.3 is 0 Å². The van der Waals surface area contributed by atoms with Gasteiger partial charge in [0.05, 0.1) is 36.4 Å². The van der Waals surface area contributed by atoms with Crippen LogP contribution in [0.15, 0.2) is 42.9 Å². The van der Waals surface area contributed by atoms with E-state index in [1.807, 2.05) is 13.8 Å². The first-order valence-electron chi connectivity index (χ1n) is 7.91. The third kappa shape index (κ3) is 4.37. The van der Waals surface area contributed by atoms with Crippen molar-refractivity contribution in [3.05, 3.63) is 53.7 Å². The number of anilines is 3. The molecule has 0 fully saturated rings. The third-order valence-corrected chi connectivity index (χ3v) is 3.48. The summed E-state index contributed by atoms with van der Waals surface area (Å²) in [6.07, 6.45) is 4.54. The minimum atomic E-state index is -0.473. The molecule has 0 atom stereocenters. The van der Waals surface area contributed by atoms with E-state index in [2.05, 4.69) is 20.3 Å². The van der Waals surface area contributed by atoms with Gasteiger partial charge in [-0.2, -0.15) is 0 Å². The normalized spacial score (nSPS) is 9.88. The van der Waals surface area contributed by atoms with E-state index in [-0.39, 0.29) is 11.4 Å². The van der Waals surface area contributed by atoms with Gasteiger partial charge in [-0.1, -0.05) is 25.4 Å². The summed E-state index contributed by atoms with van der Waals surface area (Å²) in [5, 5.41) is 3.43. The lowest BCUT2D eigenvalue weighted by atomic mass is 10.2. The molecule has 3 aromatic rings. The molecular weight excluding hydrogens is 357 g/mol. The molecule has 6 nitrogen and oxygen atoms in total. The number of hydrogen-bond acceptors (Lipinski definition) is 6. The first-order chi connectivity index (χ1) is 12.6. The van der Waals surface area contributed by atoms with Gasteiger partial charge in [0.15, 0.2) is 17.4 Å². The second-order valence-electron chi connectivity index (χ2n) is 4.82. The van der Waals surface area contributed by atoms with Crippen molar-refractivity contribution in [3.63, 3.8) is 0 Å². The molecule has 3 rings (SSSR count). The summed E-state index contributed by atoms with van der Waals surface area (Å²) < 4.78 is 19.3. The second kappa shape index (κ2) is 8.96. The number of nitrogens with one attached hydrogen (secondary N) is 1. The van der Waals surface area contributed by atoms with Crippen LogP contribution >= 0.6 is 11.6 Å². The molecule has 0 aliphatic carbocycles. The number of ether oxygens (including phenoxy) is 1. The fraction of sp³-hybridized carbons (Fsp3) is 0.167. The molecule has 0 bridgehead atoms. The molecular formula is C18H19ClFN5O. The van der Waals surface area contributed by atoms with Crippen molar-refractivity contribution in [2.24, 2.45) is 0 Å². The molecule has 2 heterocycles. The van der Waals surface area contributed by atoms with Gasteiger partial charge in [-0.15, -0.1) is 0 Å². The van der Waals surface area contributed by atoms with Gasteiger partial charge in [0.25, 0.3) is 0 Å². The molecule has 0 aliphatic heterocycles. The Labute approximate surface area is 156 Å². The summed E-state index contributed by atoms with van der Waals surface area (Å²) in [6.45, 7) is 4.00. The molecule has 0 radical (unpaired) electrons. The van der Waals surface area contributed by atoms with Crippen molar-refractivity contribution in [1.82, 2.24) is 15.0 Å². The van der Waals surface area contributed by atoms with Crippen LogP contribution in [0.3, 0.4) is 0 Å². The highest BCUT2D eigenvalue weighted by molar-refractivity contribution is 6.30. The maximum Gasteiger partial charge on any atom is 0.179 e. The van der Waals surface area contributed by atoms with E-state index in [9.17, 15) is 4.39 Å². The van der Waals surface area contributed by atoms with Gasteiger partial charge in [-0.05, 0) is 24.3 Å². The predicted octanol–water partition coefficient (Wildman–Crippen LogP) is 4.69. The van der Waals surface area contributed by atoms with Crippen molar-refractivity contribution >= 4 is 28.8 Å². The average molecular weight is 376 g/mol. The van der Waals surface area contributed by atoms with E-state index in [0.717, 1.165) is 0 Å². The molecule has 2 aromatic heterocycles. The lowest BCUT2D eigenvalue weighted by Crippen LogP contribution is -2.03. The molecule has 136 valence electrons. The highest BCUT2D eigenvalue weighted by Crippen LogP contribution is 2.30. The quantitative estimate of drug-likeness (QED) is 0.687. The van der Waals surface area contributed by atoms with E-state index < -0.39 is 5.82 Å². The Morgan fingerprint density at radius 2 is 1.96 bits per heavy atom. The van der Waals surface area contributed by atoms with Crippen molar-refractivity contribution in [1.29, 1.82) is 0 Å². The zero-order valence-electron chi connectivity index (χ0n) is 14.6. The van der Waals surface area contributed by atoms with Crippen LogP contribution in [-0.2, 0) is 0 Å². The number of pyridine rings is 1. The first-order valence-corrected chi connectivity index (χ1v) is 8.29. The SMILES string of the molecule is CC.COc1cnc(-c2cc(Cl)ccc2F)nc1Nc1ccncc1N. The Kier molecular flexibility index (Phi) is 6.68. The molecule has 0 spiro atoms. The first kappa shape index (κ1) is 19.4. The van der Waals surface area contributed by atoms with Crippen molar-refractivity contribution in [2.75, 3.05) is 18.2 Å². The van der Waals surface area contributed by atoms with Gasteiger partial charge < -0.3 is 15.8 Å². The Morgan fingerprint density at radius 1 is 1.19 bits per heavy atom. The summed E-state index contributed by atoms with van der Waals surface area (Å²) in [6, 6.07) is 5.87. The Balaban J connectivity index is 0.00000117. The zero-order valence-corrected chi connectivity index (χ0v) is 15.4. The summed E-state index contributed by atoms with van der Waals surface area (Å²) in [7, 11) is 1.49. The molecule has 0 saturated carbocycles. The maximum atomic E-state index is 14.0. The fourth-order valence-corrected chi connectivity index (χ4v) is 2.23. The van der Waals surface area contributed by atoms with Gasteiger partial charge in [-0.3, -0.25) is 4.98 Å². The third-order valence-electron chi connectivity index (χ3n) is 3.25. The number of rotatable bonds is 4. The largest absolute Gasteiger partial charge is 0.491 e. The molecule has 8 heteroatoms. The molecule has 0 amide bonds. The number of nitrogen functional groups attached to an aromatic ring is 1. The summed E-state index contributed by atoms with van der Waals surface area (Å²) >= 11 is 5.93. The van der Waals surface area contributed by atoms with Crippen LogP contribution < -0.4 is 15.8 Å². The van der Waals surface area contributed by atoms with E-state index in [1.165, 1.54) is 37.7 Å². The van der Waals surface area contributed by atoms with E-state index in [1.54, 1.807) is 12.3 Å².